The summed E-state index contributed by atoms with van der Waals surface area (Å²) in [5.74, 6) is 1.18. The summed E-state index contributed by atoms with van der Waals surface area (Å²) in [6, 6.07) is 5.61. The number of nitrogens with one attached hydrogen (secondary N) is 2. The minimum Gasteiger partial charge on any atom is -0.495 e. The molecule has 0 bridgehead atoms. The summed E-state index contributed by atoms with van der Waals surface area (Å²) in [7, 11) is 1.57. The van der Waals surface area contributed by atoms with E-state index in [4.69, 9.17) is 9.47 Å². The monoisotopic (exact) mass is 308 g/mol. The van der Waals surface area contributed by atoms with Crippen LogP contribution < -0.4 is 15.4 Å². The van der Waals surface area contributed by atoms with Crippen molar-refractivity contribution in [3.8, 4) is 5.75 Å². The van der Waals surface area contributed by atoms with Crippen LogP contribution in [0.1, 0.15) is 41.0 Å². The fourth-order valence-electron chi connectivity index (χ4n) is 1.77. The molecule has 0 saturated carbocycles. The SMILES string of the molecule is CCC(C)CNc1ccc(OC)c(NC(=O)OC(C)(C)C)c1. The highest BCUT2D eigenvalue weighted by Gasteiger charge is 2.17. The van der Waals surface area contributed by atoms with Gasteiger partial charge in [-0.05, 0) is 44.9 Å². The van der Waals surface area contributed by atoms with Crippen LogP contribution in [0.3, 0.4) is 0 Å². The molecule has 5 heteroatoms. The van der Waals surface area contributed by atoms with Gasteiger partial charge < -0.3 is 14.8 Å². The van der Waals surface area contributed by atoms with Gasteiger partial charge in [-0.2, -0.15) is 0 Å². The average molecular weight is 308 g/mol. The van der Waals surface area contributed by atoms with Gasteiger partial charge >= 0.3 is 6.09 Å². The Balaban J connectivity index is 2.80. The lowest BCUT2D eigenvalue weighted by molar-refractivity contribution is 0.0635. The maximum Gasteiger partial charge on any atom is 0.412 e. The van der Waals surface area contributed by atoms with Gasteiger partial charge in [-0.1, -0.05) is 20.3 Å². The Kier molecular flexibility index (Phi) is 6.53. The number of anilines is 2. The second kappa shape index (κ2) is 7.92. The van der Waals surface area contributed by atoms with E-state index in [0.29, 0.717) is 17.4 Å². The first-order valence-corrected chi connectivity index (χ1v) is 7.67. The molecule has 1 atom stereocenters. The predicted octanol–water partition coefficient (Wildman–Crippen LogP) is 4.50. The molecule has 0 fully saturated rings. The van der Waals surface area contributed by atoms with Gasteiger partial charge in [0.15, 0.2) is 0 Å². The molecule has 0 saturated heterocycles. The number of carbonyl (C=O) groups excluding carboxylic acids is 1. The van der Waals surface area contributed by atoms with E-state index >= 15 is 0 Å². The van der Waals surface area contributed by atoms with E-state index in [2.05, 4.69) is 24.5 Å². The second-order valence-corrected chi connectivity index (χ2v) is 6.44. The fraction of sp³-hybridized carbons (Fsp3) is 0.588. The molecule has 1 aromatic carbocycles. The molecule has 1 aromatic rings. The van der Waals surface area contributed by atoms with E-state index in [9.17, 15) is 4.79 Å². The predicted molar refractivity (Wildman–Crippen MR) is 90.8 cm³/mol. The summed E-state index contributed by atoms with van der Waals surface area (Å²) in [4.78, 5) is 11.9. The maximum atomic E-state index is 11.9. The molecule has 124 valence electrons. The minimum absolute atomic E-state index is 0.495. The first-order chi connectivity index (χ1) is 10.2. The van der Waals surface area contributed by atoms with Crippen LogP contribution in [0.5, 0.6) is 5.75 Å². The number of carbonyl (C=O) groups is 1. The third kappa shape index (κ3) is 6.24. The molecule has 0 aliphatic heterocycles. The lowest BCUT2D eigenvalue weighted by Crippen LogP contribution is -2.27. The van der Waals surface area contributed by atoms with Gasteiger partial charge in [0.05, 0.1) is 12.8 Å². The van der Waals surface area contributed by atoms with Crippen LogP contribution in [0.25, 0.3) is 0 Å². The lowest BCUT2D eigenvalue weighted by atomic mass is 10.1. The van der Waals surface area contributed by atoms with Crippen LogP contribution in [0.2, 0.25) is 0 Å². The Bertz CT molecular complexity index is 495. The van der Waals surface area contributed by atoms with Crippen LogP contribution in [0.4, 0.5) is 16.2 Å². The highest BCUT2D eigenvalue weighted by Crippen LogP contribution is 2.28. The van der Waals surface area contributed by atoms with Gasteiger partial charge in [-0.25, -0.2) is 4.79 Å². The van der Waals surface area contributed by atoms with Gasteiger partial charge in [0.25, 0.3) is 0 Å². The summed E-state index contributed by atoms with van der Waals surface area (Å²) >= 11 is 0. The summed E-state index contributed by atoms with van der Waals surface area (Å²) in [6.07, 6.45) is 0.622. The van der Waals surface area contributed by atoms with Gasteiger partial charge in [0.2, 0.25) is 0 Å². The number of ether oxygens (including phenoxy) is 2. The first-order valence-electron chi connectivity index (χ1n) is 7.67. The van der Waals surface area contributed by atoms with Crippen molar-refractivity contribution >= 4 is 17.5 Å². The zero-order chi connectivity index (χ0) is 16.8. The Morgan fingerprint density at radius 1 is 1.32 bits per heavy atom. The molecule has 0 aromatic heterocycles. The van der Waals surface area contributed by atoms with Crippen molar-refractivity contribution in [3.63, 3.8) is 0 Å². The topological polar surface area (TPSA) is 59.6 Å². The molecule has 0 aliphatic carbocycles. The first kappa shape index (κ1) is 18.1. The van der Waals surface area contributed by atoms with Crippen LogP contribution in [-0.2, 0) is 4.74 Å². The van der Waals surface area contributed by atoms with Crippen molar-refractivity contribution in [2.75, 3.05) is 24.3 Å². The summed E-state index contributed by atoms with van der Waals surface area (Å²) in [6.45, 7) is 10.7. The Morgan fingerprint density at radius 2 is 2.00 bits per heavy atom. The van der Waals surface area contributed by atoms with Crippen LogP contribution in [-0.4, -0.2) is 25.3 Å². The molecule has 0 spiro atoms. The Hall–Kier alpha value is -1.91. The number of methoxy groups -OCH3 is 1. The van der Waals surface area contributed by atoms with Gasteiger partial charge in [0, 0.05) is 12.2 Å². The number of rotatable bonds is 6. The number of amides is 1. The third-order valence-corrected chi connectivity index (χ3v) is 3.19. The standard InChI is InChI=1S/C17H28N2O3/c1-7-12(2)11-18-13-8-9-15(21-6)14(10-13)19-16(20)22-17(3,4)5/h8-10,12,18H,7,11H2,1-6H3,(H,19,20). The van der Waals surface area contributed by atoms with Crippen molar-refractivity contribution in [3.05, 3.63) is 18.2 Å². The van der Waals surface area contributed by atoms with Crippen molar-refractivity contribution < 1.29 is 14.3 Å². The highest BCUT2D eigenvalue weighted by molar-refractivity contribution is 5.88. The summed E-state index contributed by atoms with van der Waals surface area (Å²) in [5, 5.41) is 6.09. The molecule has 1 rings (SSSR count). The smallest absolute Gasteiger partial charge is 0.412 e. The molecule has 1 unspecified atom stereocenters. The minimum atomic E-state index is -0.538. The molecule has 0 radical (unpaired) electrons. The summed E-state index contributed by atoms with van der Waals surface area (Å²) in [5.41, 5.74) is 0.988. The molecular weight excluding hydrogens is 280 g/mol. The fourth-order valence-corrected chi connectivity index (χ4v) is 1.77. The molecule has 0 aliphatic rings. The highest BCUT2D eigenvalue weighted by atomic mass is 16.6. The van der Waals surface area contributed by atoms with Crippen molar-refractivity contribution in [1.29, 1.82) is 0 Å². The Labute approximate surface area is 133 Å². The van der Waals surface area contributed by atoms with E-state index in [-0.39, 0.29) is 0 Å². The summed E-state index contributed by atoms with van der Waals surface area (Å²) < 4.78 is 10.6. The van der Waals surface area contributed by atoms with Crippen LogP contribution in [0.15, 0.2) is 18.2 Å². The van der Waals surface area contributed by atoms with Gasteiger partial charge in [-0.3, -0.25) is 5.32 Å². The molecular formula is C17H28N2O3. The molecule has 1 amide bonds. The number of hydrogen-bond donors (Lipinski definition) is 2. The van der Waals surface area contributed by atoms with Gasteiger partial charge in [-0.15, -0.1) is 0 Å². The molecule has 0 heterocycles. The largest absolute Gasteiger partial charge is 0.495 e. The molecule has 2 N–H and O–H groups in total. The van der Waals surface area contributed by atoms with E-state index < -0.39 is 11.7 Å². The van der Waals surface area contributed by atoms with E-state index in [1.165, 1.54) is 0 Å². The van der Waals surface area contributed by atoms with E-state index in [0.717, 1.165) is 18.7 Å². The second-order valence-electron chi connectivity index (χ2n) is 6.44. The Morgan fingerprint density at radius 3 is 2.55 bits per heavy atom. The normalized spacial score (nSPS) is 12.5. The lowest BCUT2D eigenvalue weighted by Gasteiger charge is -2.20. The third-order valence-electron chi connectivity index (χ3n) is 3.19. The van der Waals surface area contributed by atoms with E-state index in [1.54, 1.807) is 7.11 Å². The molecule has 5 nitrogen and oxygen atoms in total. The van der Waals surface area contributed by atoms with Crippen molar-refractivity contribution in [1.82, 2.24) is 0 Å². The van der Waals surface area contributed by atoms with Crippen LogP contribution in [0, 0.1) is 5.92 Å². The van der Waals surface area contributed by atoms with Crippen molar-refractivity contribution in [2.24, 2.45) is 5.92 Å². The number of hydrogen-bond acceptors (Lipinski definition) is 4. The number of benzene rings is 1. The van der Waals surface area contributed by atoms with E-state index in [1.807, 2.05) is 39.0 Å². The molecule has 22 heavy (non-hydrogen) atoms. The van der Waals surface area contributed by atoms with Crippen molar-refractivity contribution in [2.45, 2.75) is 46.6 Å². The zero-order valence-corrected chi connectivity index (χ0v) is 14.4. The van der Waals surface area contributed by atoms with Crippen LogP contribution >= 0.6 is 0 Å². The zero-order valence-electron chi connectivity index (χ0n) is 14.4. The maximum absolute atomic E-state index is 11.9. The average Bonchev–Trinajstić information content (AvgIpc) is 2.42. The quantitative estimate of drug-likeness (QED) is 0.812. The van der Waals surface area contributed by atoms with Gasteiger partial charge in [0.1, 0.15) is 11.4 Å².